The molecule has 2 fully saturated rings. The third-order valence-corrected chi connectivity index (χ3v) is 3.98. The molecule has 1 N–H and O–H groups in total. The number of rotatable bonds is 1. The smallest absolute Gasteiger partial charge is 0.00529 e. The van der Waals surface area contributed by atoms with E-state index < -0.39 is 0 Å². The highest BCUT2D eigenvalue weighted by molar-refractivity contribution is 4.92. The van der Waals surface area contributed by atoms with Crippen LogP contribution in [0, 0.1) is 5.41 Å². The second kappa shape index (κ2) is 6.61. The second-order valence-electron chi connectivity index (χ2n) is 5.45. The SMILES string of the molecule is CC.CC(C)N1CCCC2(CCCNC2)C1. The Kier molecular flexibility index (Phi) is 5.77. The number of likely N-dealkylation sites (tertiary alicyclic amines) is 1. The molecule has 2 heteroatoms. The van der Waals surface area contributed by atoms with E-state index in [1.807, 2.05) is 13.8 Å². The first-order valence-electron chi connectivity index (χ1n) is 7.17. The lowest BCUT2D eigenvalue weighted by Crippen LogP contribution is -2.52. The van der Waals surface area contributed by atoms with Gasteiger partial charge in [-0.3, -0.25) is 0 Å². The van der Waals surface area contributed by atoms with Crippen molar-refractivity contribution in [2.45, 2.75) is 59.4 Å². The maximum atomic E-state index is 3.58. The zero-order valence-electron chi connectivity index (χ0n) is 11.7. The molecule has 1 atom stereocenters. The van der Waals surface area contributed by atoms with Crippen LogP contribution in [0.25, 0.3) is 0 Å². The summed E-state index contributed by atoms with van der Waals surface area (Å²) in [7, 11) is 0. The van der Waals surface area contributed by atoms with Gasteiger partial charge in [0.1, 0.15) is 0 Å². The molecule has 0 aliphatic carbocycles. The van der Waals surface area contributed by atoms with Crippen LogP contribution in [0.15, 0.2) is 0 Å². The van der Waals surface area contributed by atoms with Gasteiger partial charge in [-0.15, -0.1) is 0 Å². The lowest BCUT2D eigenvalue weighted by molar-refractivity contribution is 0.0465. The summed E-state index contributed by atoms with van der Waals surface area (Å²) in [5.74, 6) is 0. The molecule has 0 aromatic rings. The van der Waals surface area contributed by atoms with E-state index in [1.54, 1.807) is 0 Å². The largest absolute Gasteiger partial charge is 0.316 e. The van der Waals surface area contributed by atoms with E-state index in [2.05, 4.69) is 24.1 Å². The number of hydrogen-bond donors (Lipinski definition) is 1. The fraction of sp³-hybridized carbons (Fsp3) is 1.00. The predicted molar refractivity (Wildman–Crippen MR) is 71.8 cm³/mol. The highest BCUT2D eigenvalue weighted by atomic mass is 15.2. The zero-order valence-corrected chi connectivity index (χ0v) is 11.7. The molecule has 1 unspecified atom stereocenters. The molecule has 0 radical (unpaired) electrons. The van der Waals surface area contributed by atoms with E-state index >= 15 is 0 Å². The Bertz CT molecular complexity index is 178. The van der Waals surface area contributed by atoms with Crippen LogP contribution in [0.3, 0.4) is 0 Å². The van der Waals surface area contributed by atoms with E-state index in [0.29, 0.717) is 5.41 Å². The third kappa shape index (κ3) is 3.46. The number of hydrogen-bond acceptors (Lipinski definition) is 2. The maximum absolute atomic E-state index is 3.58. The molecule has 2 aliphatic rings. The van der Waals surface area contributed by atoms with Gasteiger partial charge in [-0.25, -0.2) is 0 Å². The van der Waals surface area contributed by atoms with Gasteiger partial charge >= 0.3 is 0 Å². The maximum Gasteiger partial charge on any atom is 0.00529 e. The highest BCUT2D eigenvalue weighted by Gasteiger charge is 2.36. The molecular formula is C14H30N2. The van der Waals surface area contributed by atoms with Crippen molar-refractivity contribution in [3.05, 3.63) is 0 Å². The van der Waals surface area contributed by atoms with Crippen molar-refractivity contribution >= 4 is 0 Å². The van der Waals surface area contributed by atoms with E-state index in [1.165, 1.54) is 51.9 Å². The number of nitrogens with one attached hydrogen (secondary N) is 1. The quantitative estimate of drug-likeness (QED) is 0.739. The van der Waals surface area contributed by atoms with Crippen molar-refractivity contribution in [1.29, 1.82) is 0 Å². The molecule has 2 heterocycles. The van der Waals surface area contributed by atoms with E-state index in [-0.39, 0.29) is 0 Å². The molecule has 16 heavy (non-hydrogen) atoms. The molecule has 0 aromatic heterocycles. The van der Waals surface area contributed by atoms with E-state index in [9.17, 15) is 0 Å². The standard InChI is InChI=1S/C12H24N2.C2H6/c1-11(2)14-8-4-6-12(10-14)5-3-7-13-9-12;1-2/h11,13H,3-10H2,1-2H3;1-2H3. The molecule has 0 saturated carbocycles. The average molecular weight is 226 g/mol. The highest BCUT2D eigenvalue weighted by Crippen LogP contribution is 2.36. The van der Waals surface area contributed by atoms with Crippen molar-refractivity contribution < 1.29 is 0 Å². The van der Waals surface area contributed by atoms with Gasteiger partial charge in [-0.05, 0) is 58.0 Å². The molecule has 2 aliphatic heterocycles. The third-order valence-electron chi connectivity index (χ3n) is 3.98. The van der Waals surface area contributed by atoms with Gasteiger partial charge < -0.3 is 10.2 Å². The molecular weight excluding hydrogens is 196 g/mol. The lowest BCUT2D eigenvalue weighted by atomic mass is 9.74. The van der Waals surface area contributed by atoms with E-state index in [0.717, 1.165) is 6.04 Å². The number of piperidine rings is 2. The van der Waals surface area contributed by atoms with Gasteiger partial charge in [0.05, 0.1) is 0 Å². The van der Waals surface area contributed by atoms with Crippen LogP contribution < -0.4 is 5.32 Å². The molecule has 0 amide bonds. The first kappa shape index (κ1) is 14.0. The van der Waals surface area contributed by atoms with Crippen molar-refractivity contribution in [1.82, 2.24) is 10.2 Å². The second-order valence-corrected chi connectivity index (χ2v) is 5.45. The Morgan fingerprint density at radius 1 is 1.12 bits per heavy atom. The van der Waals surface area contributed by atoms with Gasteiger partial charge in [-0.2, -0.15) is 0 Å². The summed E-state index contributed by atoms with van der Waals surface area (Å²) in [5.41, 5.74) is 0.626. The van der Waals surface area contributed by atoms with Crippen LogP contribution in [0.1, 0.15) is 53.4 Å². The number of nitrogens with zero attached hydrogens (tertiary/aromatic N) is 1. The van der Waals surface area contributed by atoms with Crippen molar-refractivity contribution in [3.8, 4) is 0 Å². The van der Waals surface area contributed by atoms with Crippen LogP contribution in [0.4, 0.5) is 0 Å². The molecule has 1 spiro atoms. The van der Waals surface area contributed by atoms with Crippen LogP contribution >= 0.6 is 0 Å². The van der Waals surface area contributed by atoms with E-state index in [4.69, 9.17) is 0 Å². The minimum Gasteiger partial charge on any atom is -0.316 e. The fourth-order valence-corrected chi connectivity index (χ4v) is 3.07. The Balaban J connectivity index is 0.000000606. The monoisotopic (exact) mass is 226 g/mol. The molecule has 96 valence electrons. The van der Waals surface area contributed by atoms with Gasteiger partial charge in [0.2, 0.25) is 0 Å². The molecule has 0 bridgehead atoms. The van der Waals surface area contributed by atoms with Gasteiger partial charge in [0.15, 0.2) is 0 Å². The molecule has 2 nitrogen and oxygen atoms in total. The van der Waals surface area contributed by atoms with Gasteiger partial charge in [0, 0.05) is 19.1 Å². The molecule has 2 rings (SSSR count). The summed E-state index contributed by atoms with van der Waals surface area (Å²) < 4.78 is 0. The predicted octanol–water partition coefficient (Wildman–Crippen LogP) is 2.89. The fourth-order valence-electron chi connectivity index (χ4n) is 3.07. The zero-order chi connectivity index (χ0) is 12.0. The first-order chi connectivity index (χ1) is 7.72. The van der Waals surface area contributed by atoms with Crippen LogP contribution in [0.2, 0.25) is 0 Å². The topological polar surface area (TPSA) is 15.3 Å². The summed E-state index contributed by atoms with van der Waals surface area (Å²) in [6, 6.07) is 0.731. The summed E-state index contributed by atoms with van der Waals surface area (Å²) in [5, 5.41) is 3.58. The minimum atomic E-state index is 0.626. The van der Waals surface area contributed by atoms with Gasteiger partial charge in [0.25, 0.3) is 0 Å². The van der Waals surface area contributed by atoms with Crippen molar-refractivity contribution in [2.75, 3.05) is 26.2 Å². The Labute approximate surface area is 102 Å². The normalized spacial score (nSPS) is 31.3. The van der Waals surface area contributed by atoms with Crippen LogP contribution in [-0.2, 0) is 0 Å². The summed E-state index contributed by atoms with van der Waals surface area (Å²) in [6.07, 6.45) is 5.68. The van der Waals surface area contributed by atoms with Crippen molar-refractivity contribution in [2.24, 2.45) is 5.41 Å². The molecule has 0 aromatic carbocycles. The van der Waals surface area contributed by atoms with Crippen molar-refractivity contribution in [3.63, 3.8) is 0 Å². The van der Waals surface area contributed by atoms with Crippen LogP contribution in [0.5, 0.6) is 0 Å². The first-order valence-corrected chi connectivity index (χ1v) is 7.17. The molecule has 2 saturated heterocycles. The summed E-state index contributed by atoms with van der Waals surface area (Å²) in [6.45, 7) is 13.8. The van der Waals surface area contributed by atoms with Gasteiger partial charge in [-0.1, -0.05) is 13.8 Å². The lowest BCUT2D eigenvalue weighted by Gasteiger charge is -2.46. The minimum absolute atomic E-state index is 0.626. The average Bonchev–Trinajstić information content (AvgIpc) is 2.33. The Morgan fingerprint density at radius 2 is 1.81 bits per heavy atom. The Morgan fingerprint density at radius 3 is 2.38 bits per heavy atom. The Hall–Kier alpha value is -0.0800. The summed E-state index contributed by atoms with van der Waals surface area (Å²) in [4.78, 5) is 2.66. The van der Waals surface area contributed by atoms with Crippen LogP contribution in [-0.4, -0.2) is 37.1 Å². The summed E-state index contributed by atoms with van der Waals surface area (Å²) >= 11 is 0.